The second-order valence-electron chi connectivity index (χ2n) is 11.5. The van der Waals surface area contributed by atoms with Crippen LogP contribution in [0.5, 0.6) is 6.01 Å². The molecule has 230 valence electrons. The second kappa shape index (κ2) is 12.4. The minimum absolute atomic E-state index is 0.00844. The van der Waals surface area contributed by atoms with E-state index in [0.29, 0.717) is 50.1 Å². The molecular weight excluding hydrogens is 566 g/mol. The van der Waals surface area contributed by atoms with Crippen molar-refractivity contribution in [2.75, 3.05) is 62.7 Å². The molecule has 4 heterocycles. The van der Waals surface area contributed by atoms with Crippen molar-refractivity contribution in [2.24, 2.45) is 5.92 Å². The third-order valence-electron chi connectivity index (χ3n) is 8.48. The van der Waals surface area contributed by atoms with Crippen molar-refractivity contribution in [3.8, 4) is 6.01 Å². The first-order valence-corrected chi connectivity index (χ1v) is 14.3. The summed E-state index contributed by atoms with van der Waals surface area (Å²) in [6.07, 6.45) is -2.35. The van der Waals surface area contributed by atoms with E-state index in [-0.39, 0.29) is 49.3 Å². The molecular formula is C30H35F4N7O2. The summed E-state index contributed by atoms with van der Waals surface area (Å²) in [7, 11) is 2.04. The van der Waals surface area contributed by atoms with Gasteiger partial charge in [0.2, 0.25) is 12.5 Å². The number of benzene rings is 1. The molecule has 9 nitrogen and oxygen atoms in total. The zero-order valence-corrected chi connectivity index (χ0v) is 24.3. The molecule has 1 aromatic heterocycles. The lowest BCUT2D eigenvalue weighted by Crippen LogP contribution is -2.56. The van der Waals surface area contributed by atoms with Crippen molar-refractivity contribution in [2.45, 2.75) is 44.6 Å². The van der Waals surface area contributed by atoms with Crippen LogP contribution in [0.25, 0.3) is 4.85 Å². The summed E-state index contributed by atoms with van der Waals surface area (Å²) in [4.78, 5) is 32.8. The molecule has 0 radical (unpaired) electrons. The summed E-state index contributed by atoms with van der Waals surface area (Å²) in [5.74, 6) is -0.460. The molecule has 2 aromatic rings. The first-order valence-electron chi connectivity index (χ1n) is 14.3. The molecule has 0 bridgehead atoms. The Morgan fingerprint density at radius 3 is 2.65 bits per heavy atom. The van der Waals surface area contributed by atoms with Crippen LogP contribution in [0.3, 0.4) is 0 Å². The highest BCUT2D eigenvalue weighted by Crippen LogP contribution is 2.40. The number of carbonyl (C=O) groups is 1. The summed E-state index contributed by atoms with van der Waals surface area (Å²) in [6.45, 7) is 15.9. The number of alkyl halides is 3. The lowest BCUT2D eigenvalue weighted by Gasteiger charge is -2.41. The molecule has 2 fully saturated rings. The van der Waals surface area contributed by atoms with Gasteiger partial charge in [-0.1, -0.05) is 19.6 Å². The highest BCUT2D eigenvalue weighted by atomic mass is 19.4. The van der Waals surface area contributed by atoms with Crippen LogP contribution in [0.15, 0.2) is 30.9 Å². The van der Waals surface area contributed by atoms with Crippen molar-refractivity contribution < 1.29 is 27.1 Å². The molecule has 3 aliphatic heterocycles. The van der Waals surface area contributed by atoms with Gasteiger partial charge in [0.1, 0.15) is 29.8 Å². The normalized spacial score (nSPS) is 22.7. The number of carbonyl (C=O) groups excluding carboxylic acids is 1. The van der Waals surface area contributed by atoms with Gasteiger partial charge in [0.15, 0.2) is 0 Å². The number of anilines is 2. The predicted octanol–water partition coefficient (Wildman–Crippen LogP) is 4.04. The topological polar surface area (TPSA) is 69.4 Å². The molecule has 0 aliphatic carbocycles. The fourth-order valence-corrected chi connectivity index (χ4v) is 6.42. The van der Waals surface area contributed by atoms with Gasteiger partial charge in [-0.05, 0) is 44.0 Å². The molecule has 13 heteroatoms. The first-order chi connectivity index (χ1) is 20.5. The van der Waals surface area contributed by atoms with Gasteiger partial charge < -0.3 is 24.3 Å². The highest BCUT2D eigenvalue weighted by molar-refractivity contribution is 5.87. The van der Waals surface area contributed by atoms with E-state index in [0.717, 1.165) is 24.6 Å². The van der Waals surface area contributed by atoms with Crippen LogP contribution in [0.4, 0.5) is 29.1 Å². The number of ether oxygens (including phenoxy) is 1. The average molecular weight is 602 g/mol. The fourth-order valence-electron chi connectivity index (χ4n) is 6.42. The lowest BCUT2D eigenvalue weighted by molar-refractivity contribution is -0.139. The molecule has 1 amide bonds. The first kappa shape index (κ1) is 30.5. The zero-order chi connectivity index (χ0) is 30.9. The van der Waals surface area contributed by atoms with E-state index < -0.39 is 17.6 Å². The Kier molecular flexibility index (Phi) is 8.78. The number of rotatable bonds is 7. The molecule has 43 heavy (non-hydrogen) atoms. The van der Waals surface area contributed by atoms with Crippen LogP contribution in [-0.4, -0.2) is 90.7 Å². The zero-order valence-electron chi connectivity index (χ0n) is 24.3. The number of piperazine rings is 1. The van der Waals surface area contributed by atoms with E-state index in [2.05, 4.69) is 28.2 Å². The Morgan fingerprint density at radius 2 is 1.98 bits per heavy atom. The predicted molar refractivity (Wildman–Crippen MR) is 153 cm³/mol. The van der Waals surface area contributed by atoms with E-state index in [9.17, 15) is 22.4 Å². The summed E-state index contributed by atoms with van der Waals surface area (Å²) in [5.41, 5.74) is -0.267. The molecule has 0 spiro atoms. The maximum absolute atomic E-state index is 14.4. The number of fused-ring (bicyclic) bond motifs is 1. The number of halogens is 4. The van der Waals surface area contributed by atoms with Gasteiger partial charge >= 0.3 is 12.2 Å². The van der Waals surface area contributed by atoms with Gasteiger partial charge in [0.25, 0.3) is 0 Å². The van der Waals surface area contributed by atoms with E-state index in [4.69, 9.17) is 16.3 Å². The van der Waals surface area contributed by atoms with Crippen LogP contribution in [0.1, 0.15) is 30.2 Å². The van der Waals surface area contributed by atoms with Gasteiger partial charge in [-0.3, -0.25) is 9.69 Å². The van der Waals surface area contributed by atoms with Crippen LogP contribution in [0, 0.1) is 18.3 Å². The van der Waals surface area contributed by atoms with E-state index >= 15 is 0 Å². The minimum Gasteiger partial charge on any atom is -0.462 e. The number of hydrogen-bond donors (Lipinski definition) is 0. The number of aromatic nitrogens is 2. The summed E-state index contributed by atoms with van der Waals surface area (Å²) < 4.78 is 62.2. The van der Waals surface area contributed by atoms with E-state index in [1.165, 1.54) is 23.1 Å². The third-order valence-corrected chi connectivity index (χ3v) is 8.48. The van der Waals surface area contributed by atoms with E-state index in [1.807, 2.05) is 11.9 Å². The molecule has 0 unspecified atom stereocenters. The van der Waals surface area contributed by atoms with Crippen LogP contribution in [-0.2, 0) is 23.9 Å². The maximum atomic E-state index is 14.4. The molecule has 3 atom stereocenters. The summed E-state index contributed by atoms with van der Waals surface area (Å²) in [6, 6.07) is 3.27. The number of likely N-dealkylation sites (N-methyl/N-ethyl adjacent to an activating group) is 1. The average Bonchev–Trinajstić information content (AvgIpc) is 3.30. The monoisotopic (exact) mass is 601 g/mol. The molecule has 3 aliphatic rings. The molecule has 0 N–H and O–H groups in total. The van der Waals surface area contributed by atoms with Crippen molar-refractivity contribution >= 4 is 17.4 Å². The Bertz CT molecular complexity index is 1410. The second-order valence-corrected chi connectivity index (χ2v) is 11.5. The van der Waals surface area contributed by atoms with Gasteiger partial charge in [-0.2, -0.15) is 23.1 Å². The lowest BCUT2D eigenvalue weighted by atomic mass is 10.0. The van der Waals surface area contributed by atoms with Crippen molar-refractivity contribution in [1.82, 2.24) is 19.8 Å². The SMILES string of the molecule is [C-]#[N+]C[C@H]1CN(c2nc(OC[C@@H]3C[C@@H](C)CN3C)nc3c2CCN(c2cccc(F)c2C(F)(F)F)C3)CCN1C(=O)C=C. The third kappa shape index (κ3) is 6.39. The largest absolute Gasteiger partial charge is 0.462 e. The number of nitrogens with zero attached hydrogens (tertiary/aromatic N) is 7. The maximum Gasteiger partial charge on any atom is 0.421 e. The van der Waals surface area contributed by atoms with Crippen molar-refractivity contribution in [3.05, 3.63) is 64.9 Å². The van der Waals surface area contributed by atoms with Gasteiger partial charge in [0, 0.05) is 44.3 Å². The minimum atomic E-state index is -4.86. The van der Waals surface area contributed by atoms with E-state index in [1.54, 1.807) is 4.90 Å². The number of hydrogen-bond acceptors (Lipinski definition) is 7. The quantitative estimate of drug-likeness (QED) is 0.270. The Hall–Kier alpha value is -3.92. The van der Waals surface area contributed by atoms with Crippen LogP contribution >= 0.6 is 0 Å². The molecule has 5 rings (SSSR count). The number of likely N-dealkylation sites (tertiary alicyclic amines) is 1. The summed E-state index contributed by atoms with van der Waals surface area (Å²) >= 11 is 0. The molecule has 1 aromatic carbocycles. The molecule has 2 saturated heterocycles. The number of amides is 1. The smallest absolute Gasteiger partial charge is 0.421 e. The summed E-state index contributed by atoms with van der Waals surface area (Å²) in [5, 5.41) is 0. The Morgan fingerprint density at radius 1 is 1.19 bits per heavy atom. The van der Waals surface area contributed by atoms with Crippen molar-refractivity contribution in [3.63, 3.8) is 0 Å². The van der Waals surface area contributed by atoms with Gasteiger partial charge in [0.05, 0.1) is 17.9 Å². The molecule has 0 saturated carbocycles. The van der Waals surface area contributed by atoms with Gasteiger partial charge in [-0.15, -0.1) is 0 Å². The van der Waals surface area contributed by atoms with Crippen LogP contribution < -0.4 is 14.5 Å². The van der Waals surface area contributed by atoms with Crippen LogP contribution in [0.2, 0.25) is 0 Å². The fraction of sp³-hybridized carbons (Fsp3) is 0.533. The van der Waals surface area contributed by atoms with Crippen molar-refractivity contribution in [1.29, 1.82) is 0 Å². The Labute approximate surface area is 248 Å². The Balaban J connectivity index is 1.49. The van der Waals surface area contributed by atoms with Gasteiger partial charge in [-0.25, -0.2) is 11.0 Å². The standard InChI is InChI=1S/C30H35F4N7O2/c1-5-26(42)41-12-11-40(16-21(41)14-35-3)28-22-9-10-39(25-8-6-7-23(31)27(25)30(32,33)34)17-24(22)36-29(37-28)43-18-20-13-19(2)15-38(20)4/h5-8,19-21H,1,9-18H2,2,4H3/t19-,20+,21+/m1/s1. The highest BCUT2D eigenvalue weighted by Gasteiger charge is 2.40.